The van der Waals surface area contributed by atoms with Crippen LogP contribution in [0.3, 0.4) is 0 Å². The molecule has 0 radical (unpaired) electrons. The lowest BCUT2D eigenvalue weighted by Gasteiger charge is -2.15. The van der Waals surface area contributed by atoms with Crippen molar-refractivity contribution in [2.45, 2.75) is 45.6 Å². The Balaban J connectivity index is 2.73. The molecule has 5 nitrogen and oxygen atoms in total. The topological polar surface area (TPSA) is 90.2 Å². The minimum absolute atomic E-state index is 0.231. The molecule has 2 N–H and O–H groups in total. The molecule has 0 spiro atoms. The van der Waals surface area contributed by atoms with Gasteiger partial charge in [-0.15, -0.1) is 0 Å². The summed E-state index contributed by atoms with van der Waals surface area (Å²) < 4.78 is 0. The zero-order valence-electron chi connectivity index (χ0n) is 11.8. The summed E-state index contributed by atoms with van der Waals surface area (Å²) in [7, 11) is 0. The number of aliphatic hydroxyl groups is 1. The summed E-state index contributed by atoms with van der Waals surface area (Å²) in [5.74, 6) is -1.97. The first-order chi connectivity index (χ1) is 9.52. The molecule has 0 fully saturated rings. The SMILES string of the molecule is CCCCC=CCC(C#N)C1NC(=O)C(C(C)=O)=C1O. The number of nitriles is 1. The number of aliphatic hydroxyl groups excluding tert-OH is 1. The van der Waals surface area contributed by atoms with Crippen LogP contribution in [0, 0.1) is 17.2 Å². The maximum absolute atomic E-state index is 11.6. The van der Waals surface area contributed by atoms with Crippen LogP contribution in [0.5, 0.6) is 0 Å². The summed E-state index contributed by atoms with van der Waals surface area (Å²) in [6.45, 7) is 3.33. The van der Waals surface area contributed by atoms with E-state index in [1.54, 1.807) is 0 Å². The summed E-state index contributed by atoms with van der Waals surface area (Å²) in [6.07, 6.45) is 7.46. The molecule has 0 aliphatic carbocycles. The number of carbonyl (C=O) groups excluding carboxylic acids is 2. The molecule has 1 aliphatic rings. The maximum Gasteiger partial charge on any atom is 0.259 e. The average Bonchev–Trinajstić information content (AvgIpc) is 2.69. The van der Waals surface area contributed by atoms with Gasteiger partial charge < -0.3 is 10.4 Å². The van der Waals surface area contributed by atoms with Gasteiger partial charge in [0.15, 0.2) is 5.78 Å². The molecule has 1 rings (SSSR count). The van der Waals surface area contributed by atoms with Gasteiger partial charge in [0.05, 0.1) is 12.0 Å². The number of unbranched alkanes of at least 4 members (excludes halogenated alkanes) is 2. The third-order valence-electron chi connectivity index (χ3n) is 3.27. The van der Waals surface area contributed by atoms with Crippen molar-refractivity contribution in [3.63, 3.8) is 0 Å². The van der Waals surface area contributed by atoms with E-state index in [1.165, 1.54) is 6.92 Å². The highest BCUT2D eigenvalue weighted by Gasteiger charge is 2.38. The first-order valence-electron chi connectivity index (χ1n) is 6.82. The van der Waals surface area contributed by atoms with Gasteiger partial charge in [-0.2, -0.15) is 5.26 Å². The van der Waals surface area contributed by atoms with Crippen LogP contribution in [0.2, 0.25) is 0 Å². The van der Waals surface area contributed by atoms with E-state index in [0.29, 0.717) is 6.42 Å². The standard InChI is InChI=1S/C15H20N2O3/c1-3-4-5-6-7-8-11(9-16)13-14(19)12(10(2)18)15(20)17-13/h6-7,11,13,19H,3-5,8H2,1-2H3,(H,17,20). The molecule has 2 unspecified atom stereocenters. The van der Waals surface area contributed by atoms with Crippen molar-refractivity contribution < 1.29 is 14.7 Å². The van der Waals surface area contributed by atoms with Gasteiger partial charge >= 0.3 is 0 Å². The van der Waals surface area contributed by atoms with E-state index in [9.17, 15) is 14.7 Å². The van der Waals surface area contributed by atoms with E-state index >= 15 is 0 Å². The van der Waals surface area contributed by atoms with Gasteiger partial charge in [0.2, 0.25) is 0 Å². The van der Waals surface area contributed by atoms with E-state index in [-0.39, 0.29) is 11.3 Å². The second-order valence-corrected chi connectivity index (χ2v) is 4.85. The summed E-state index contributed by atoms with van der Waals surface area (Å²) in [5, 5.41) is 21.6. The fourth-order valence-electron chi connectivity index (χ4n) is 2.13. The van der Waals surface area contributed by atoms with Crippen LogP contribution in [0.15, 0.2) is 23.5 Å². The first kappa shape index (κ1) is 16.0. The van der Waals surface area contributed by atoms with Crippen molar-refractivity contribution in [2.24, 2.45) is 5.92 Å². The molecule has 20 heavy (non-hydrogen) atoms. The number of nitrogens with zero attached hydrogens (tertiary/aromatic N) is 1. The van der Waals surface area contributed by atoms with Crippen molar-refractivity contribution >= 4 is 11.7 Å². The summed E-state index contributed by atoms with van der Waals surface area (Å²) >= 11 is 0. The average molecular weight is 276 g/mol. The van der Waals surface area contributed by atoms with E-state index in [1.807, 2.05) is 12.2 Å². The Labute approximate surface area is 119 Å². The minimum atomic E-state index is -0.790. The van der Waals surface area contributed by atoms with Gasteiger partial charge in [0.25, 0.3) is 5.91 Å². The van der Waals surface area contributed by atoms with Gasteiger partial charge in [-0.05, 0) is 19.8 Å². The number of carbonyl (C=O) groups is 2. The van der Waals surface area contributed by atoms with Crippen LogP contribution in [0.1, 0.15) is 39.5 Å². The van der Waals surface area contributed by atoms with Crippen LogP contribution in [0.4, 0.5) is 0 Å². The molecule has 1 heterocycles. The van der Waals surface area contributed by atoms with E-state index < -0.39 is 23.7 Å². The highest BCUT2D eigenvalue weighted by molar-refractivity contribution is 6.20. The molecule has 0 saturated heterocycles. The first-order valence-corrected chi connectivity index (χ1v) is 6.82. The second-order valence-electron chi connectivity index (χ2n) is 4.85. The predicted octanol–water partition coefficient (Wildman–Crippen LogP) is 2.16. The normalized spacial score (nSPS) is 20.1. The Morgan fingerprint density at radius 1 is 1.55 bits per heavy atom. The highest BCUT2D eigenvalue weighted by Crippen LogP contribution is 2.24. The molecule has 0 aromatic heterocycles. The number of hydrogen-bond acceptors (Lipinski definition) is 4. The zero-order chi connectivity index (χ0) is 15.1. The third-order valence-corrected chi connectivity index (χ3v) is 3.27. The van der Waals surface area contributed by atoms with Gasteiger partial charge in [0.1, 0.15) is 17.4 Å². The van der Waals surface area contributed by atoms with E-state index in [0.717, 1.165) is 19.3 Å². The lowest BCUT2D eigenvalue weighted by molar-refractivity contribution is -0.121. The Morgan fingerprint density at radius 2 is 2.25 bits per heavy atom. The van der Waals surface area contributed by atoms with Crippen LogP contribution in [0.25, 0.3) is 0 Å². The number of hydrogen-bond donors (Lipinski definition) is 2. The number of Topliss-reactive ketones (excluding diaryl/α,β-unsaturated/α-hetero) is 1. The van der Waals surface area contributed by atoms with Crippen LogP contribution in [-0.2, 0) is 9.59 Å². The Bertz CT molecular complexity index is 486. The molecule has 1 amide bonds. The largest absolute Gasteiger partial charge is 0.509 e. The Morgan fingerprint density at radius 3 is 2.75 bits per heavy atom. The molecule has 0 bridgehead atoms. The van der Waals surface area contributed by atoms with Crippen molar-refractivity contribution in [3.8, 4) is 6.07 Å². The van der Waals surface area contributed by atoms with Gasteiger partial charge in [0, 0.05) is 0 Å². The number of rotatable bonds is 7. The van der Waals surface area contributed by atoms with Crippen molar-refractivity contribution in [1.29, 1.82) is 5.26 Å². The lowest BCUT2D eigenvalue weighted by Crippen LogP contribution is -2.35. The van der Waals surface area contributed by atoms with Gasteiger partial charge in [-0.25, -0.2) is 0 Å². The Hall–Kier alpha value is -2.09. The lowest BCUT2D eigenvalue weighted by atomic mass is 9.95. The molecule has 108 valence electrons. The molecule has 5 heteroatoms. The fraction of sp³-hybridized carbons (Fsp3) is 0.533. The van der Waals surface area contributed by atoms with E-state index in [4.69, 9.17) is 5.26 Å². The minimum Gasteiger partial charge on any atom is -0.509 e. The van der Waals surface area contributed by atoms with Gasteiger partial charge in [-0.1, -0.05) is 31.9 Å². The highest BCUT2D eigenvalue weighted by atomic mass is 16.3. The second kappa shape index (κ2) is 7.49. The van der Waals surface area contributed by atoms with Crippen LogP contribution in [-0.4, -0.2) is 22.8 Å². The molecular weight excluding hydrogens is 256 g/mol. The number of nitrogens with one attached hydrogen (secondary N) is 1. The molecule has 0 saturated carbocycles. The van der Waals surface area contributed by atoms with Crippen LogP contribution < -0.4 is 5.32 Å². The third kappa shape index (κ3) is 3.70. The van der Waals surface area contributed by atoms with Crippen molar-refractivity contribution in [3.05, 3.63) is 23.5 Å². The smallest absolute Gasteiger partial charge is 0.259 e. The zero-order valence-corrected chi connectivity index (χ0v) is 11.8. The fourth-order valence-corrected chi connectivity index (χ4v) is 2.13. The van der Waals surface area contributed by atoms with Gasteiger partial charge in [-0.3, -0.25) is 9.59 Å². The van der Waals surface area contributed by atoms with Crippen molar-refractivity contribution in [1.82, 2.24) is 5.32 Å². The molecule has 1 aliphatic heterocycles. The summed E-state index contributed by atoms with van der Waals surface area (Å²) in [4.78, 5) is 22.9. The number of amides is 1. The molecule has 0 aromatic rings. The van der Waals surface area contributed by atoms with Crippen LogP contribution >= 0.6 is 0 Å². The Kier molecular flexibility index (Phi) is 5.98. The number of allylic oxidation sites excluding steroid dienone is 2. The number of ketones is 1. The maximum atomic E-state index is 11.6. The van der Waals surface area contributed by atoms with E-state index in [2.05, 4.69) is 18.3 Å². The quantitative estimate of drug-likeness (QED) is 0.423. The summed E-state index contributed by atoms with van der Waals surface area (Å²) in [6, 6.07) is 1.28. The summed E-state index contributed by atoms with van der Waals surface area (Å²) in [5.41, 5.74) is -0.231. The molecular formula is C15H20N2O3. The van der Waals surface area contributed by atoms with Crippen molar-refractivity contribution in [2.75, 3.05) is 0 Å². The molecule has 0 aromatic carbocycles. The predicted molar refractivity (Wildman–Crippen MR) is 74.7 cm³/mol. The monoisotopic (exact) mass is 276 g/mol. The molecule has 2 atom stereocenters.